The number of primary amides is 1. The molecule has 49 heavy (non-hydrogen) atoms. The lowest BCUT2D eigenvalue weighted by molar-refractivity contribution is -0.154. The van der Waals surface area contributed by atoms with Gasteiger partial charge in [-0.15, -0.1) is 0 Å². The lowest BCUT2D eigenvalue weighted by Gasteiger charge is -2.30. The fraction of sp³-hybridized carbons (Fsp3) is 0.618. The van der Waals surface area contributed by atoms with E-state index in [9.17, 15) is 33.6 Å². The first-order chi connectivity index (χ1) is 23.0. The number of nitrogens with two attached hydrogens (primary N) is 1. The number of benzene rings is 1. The highest BCUT2D eigenvalue weighted by atomic mass is 16.5. The molecule has 0 bridgehead atoms. The summed E-state index contributed by atoms with van der Waals surface area (Å²) in [6.45, 7) is 9.76. The monoisotopic (exact) mass is 688 g/mol. The Bertz CT molecular complexity index is 1320. The van der Waals surface area contributed by atoms with Crippen LogP contribution in [0.5, 0.6) is 0 Å². The molecule has 2 rings (SSSR count). The van der Waals surface area contributed by atoms with Gasteiger partial charge in [0.05, 0.1) is 11.3 Å². The summed E-state index contributed by atoms with van der Waals surface area (Å²) in [5.41, 5.74) is 5.67. The zero-order valence-electron chi connectivity index (χ0n) is 29.1. The largest absolute Gasteiger partial charge is 0.481 e. The van der Waals surface area contributed by atoms with Crippen LogP contribution in [0, 0.1) is 17.3 Å². The molecule has 2 atom stereocenters. The molecule has 0 aliphatic carbocycles. The van der Waals surface area contributed by atoms with Crippen LogP contribution in [-0.4, -0.2) is 83.3 Å². The number of esters is 1. The summed E-state index contributed by atoms with van der Waals surface area (Å²) in [7, 11) is 0. The Kier molecular flexibility index (Phi) is 16.0. The zero-order chi connectivity index (χ0) is 36.7. The van der Waals surface area contributed by atoms with Gasteiger partial charge in [-0.2, -0.15) is 0 Å². The molecule has 1 aromatic carbocycles. The van der Waals surface area contributed by atoms with Crippen molar-refractivity contribution in [3.05, 3.63) is 29.8 Å². The Balaban J connectivity index is 1.97. The number of urea groups is 1. The SMILES string of the molecule is CC(C)C(NC(=O)CCCC(=O)N1CCC(C(=O)O)CC1)C(=O)N[C@@H](CCCNC(N)=O)C(=O)Nc1ccc(COC(=O)C(C)(C)C)cc1. The van der Waals surface area contributed by atoms with E-state index in [1.165, 1.54) is 0 Å². The number of carboxylic acids is 1. The van der Waals surface area contributed by atoms with Crippen molar-refractivity contribution >= 4 is 47.3 Å². The second-order valence-corrected chi connectivity index (χ2v) is 13.6. The normalized spacial score (nSPS) is 14.7. The average molecular weight is 689 g/mol. The summed E-state index contributed by atoms with van der Waals surface area (Å²) in [6.07, 6.45) is 1.65. The maximum atomic E-state index is 13.4. The Hall–Kier alpha value is -4.69. The molecule has 0 spiro atoms. The number of rotatable bonds is 17. The predicted octanol–water partition coefficient (Wildman–Crippen LogP) is 2.28. The maximum Gasteiger partial charge on any atom is 0.312 e. The average Bonchev–Trinajstić information content (AvgIpc) is 3.03. The van der Waals surface area contributed by atoms with Gasteiger partial charge >= 0.3 is 18.0 Å². The number of carboxylic acid groups (broad SMARTS) is 1. The summed E-state index contributed by atoms with van der Waals surface area (Å²) in [4.78, 5) is 88.0. The molecule has 15 nitrogen and oxygen atoms in total. The van der Waals surface area contributed by atoms with Crippen molar-refractivity contribution in [3.63, 3.8) is 0 Å². The van der Waals surface area contributed by atoms with Crippen LogP contribution in [0.3, 0.4) is 0 Å². The molecule has 1 aliphatic rings. The van der Waals surface area contributed by atoms with Crippen LogP contribution in [0.1, 0.15) is 85.1 Å². The van der Waals surface area contributed by atoms with E-state index in [2.05, 4.69) is 21.3 Å². The number of likely N-dealkylation sites (tertiary alicyclic amines) is 1. The molecule has 1 aromatic rings. The van der Waals surface area contributed by atoms with Gasteiger partial charge in [0.15, 0.2) is 0 Å². The van der Waals surface area contributed by atoms with Crippen molar-refractivity contribution in [1.29, 1.82) is 0 Å². The molecule has 1 saturated heterocycles. The van der Waals surface area contributed by atoms with E-state index >= 15 is 0 Å². The van der Waals surface area contributed by atoms with E-state index in [-0.39, 0.29) is 56.6 Å². The number of carbonyl (C=O) groups is 7. The fourth-order valence-corrected chi connectivity index (χ4v) is 5.04. The van der Waals surface area contributed by atoms with Crippen LogP contribution in [-0.2, 0) is 40.1 Å². The van der Waals surface area contributed by atoms with Crippen molar-refractivity contribution in [2.24, 2.45) is 23.0 Å². The molecule has 6 amide bonds. The zero-order valence-corrected chi connectivity index (χ0v) is 29.1. The maximum absolute atomic E-state index is 13.4. The minimum absolute atomic E-state index is 0.00192. The summed E-state index contributed by atoms with van der Waals surface area (Å²) in [5, 5.41) is 19.8. The van der Waals surface area contributed by atoms with Gasteiger partial charge in [0, 0.05) is 38.2 Å². The third kappa shape index (κ3) is 14.5. The Morgan fingerprint density at radius 2 is 1.57 bits per heavy atom. The first kappa shape index (κ1) is 40.5. The first-order valence-electron chi connectivity index (χ1n) is 16.7. The standard InChI is InChI=1S/C34H52N6O9/c1-21(2)28(39-26(41)9-6-10-27(42)40-18-15-23(16-19-40)31(45)46)30(44)38-25(8-7-17-36-33(35)48)29(43)37-24-13-11-22(12-14-24)20-49-32(47)34(3,4)5/h11-14,21,23,25,28H,6-10,15-20H2,1-5H3,(H,37,43)(H,38,44)(H,39,41)(H,45,46)(H3,35,36,48)/t25-,28?/m0/s1. The number of anilines is 1. The number of nitrogens with one attached hydrogen (secondary N) is 4. The van der Waals surface area contributed by atoms with E-state index in [0.29, 0.717) is 38.0 Å². The number of amides is 6. The molecule has 0 aromatic heterocycles. The molecule has 1 fully saturated rings. The molecule has 7 N–H and O–H groups in total. The van der Waals surface area contributed by atoms with Crippen LogP contribution >= 0.6 is 0 Å². The van der Waals surface area contributed by atoms with Crippen LogP contribution < -0.4 is 27.0 Å². The lowest BCUT2D eigenvalue weighted by Crippen LogP contribution is -2.54. The van der Waals surface area contributed by atoms with Crippen molar-refractivity contribution in [1.82, 2.24) is 20.9 Å². The van der Waals surface area contributed by atoms with Crippen molar-refractivity contribution in [2.75, 3.05) is 25.0 Å². The number of ether oxygens (including phenoxy) is 1. The smallest absolute Gasteiger partial charge is 0.312 e. The molecule has 0 saturated carbocycles. The van der Waals surface area contributed by atoms with E-state index in [4.69, 9.17) is 15.6 Å². The van der Waals surface area contributed by atoms with Crippen LogP contribution in [0.15, 0.2) is 24.3 Å². The number of piperidine rings is 1. The van der Waals surface area contributed by atoms with Crippen LogP contribution in [0.25, 0.3) is 0 Å². The highest BCUT2D eigenvalue weighted by Gasteiger charge is 2.30. The van der Waals surface area contributed by atoms with Crippen molar-refractivity contribution in [3.8, 4) is 0 Å². The van der Waals surface area contributed by atoms with Gasteiger partial charge in [-0.05, 0) is 76.5 Å². The summed E-state index contributed by atoms with van der Waals surface area (Å²) >= 11 is 0. The number of hydrogen-bond donors (Lipinski definition) is 6. The van der Waals surface area contributed by atoms with Gasteiger partial charge < -0.3 is 41.7 Å². The predicted molar refractivity (Wildman–Crippen MR) is 181 cm³/mol. The van der Waals surface area contributed by atoms with Crippen LogP contribution in [0.2, 0.25) is 0 Å². The Morgan fingerprint density at radius 1 is 0.939 bits per heavy atom. The Morgan fingerprint density at radius 3 is 2.12 bits per heavy atom. The van der Waals surface area contributed by atoms with E-state index < -0.39 is 53.1 Å². The van der Waals surface area contributed by atoms with E-state index in [0.717, 1.165) is 5.56 Å². The molecule has 1 heterocycles. The molecule has 15 heteroatoms. The molecular formula is C34H52N6O9. The Labute approximate surface area is 287 Å². The van der Waals surface area contributed by atoms with Gasteiger partial charge in [-0.25, -0.2) is 4.79 Å². The van der Waals surface area contributed by atoms with Gasteiger partial charge in [0.2, 0.25) is 23.6 Å². The minimum Gasteiger partial charge on any atom is -0.481 e. The minimum atomic E-state index is -1.02. The quantitative estimate of drug-likeness (QED) is 0.104. The molecule has 0 radical (unpaired) electrons. The molecular weight excluding hydrogens is 636 g/mol. The molecule has 1 aliphatic heterocycles. The number of aliphatic carboxylic acids is 1. The van der Waals surface area contributed by atoms with Gasteiger partial charge in [-0.3, -0.25) is 28.8 Å². The third-order valence-electron chi connectivity index (χ3n) is 8.06. The van der Waals surface area contributed by atoms with Crippen molar-refractivity contribution in [2.45, 2.75) is 98.3 Å². The van der Waals surface area contributed by atoms with Gasteiger partial charge in [-0.1, -0.05) is 26.0 Å². The van der Waals surface area contributed by atoms with E-state index in [1.807, 2.05) is 0 Å². The summed E-state index contributed by atoms with van der Waals surface area (Å²) < 4.78 is 5.33. The molecule has 1 unspecified atom stereocenters. The lowest BCUT2D eigenvalue weighted by atomic mass is 9.97. The summed E-state index contributed by atoms with van der Waals surface area (Å²) in [5.74, 6) is -3.63. The second kappa shape index (κ2) is 19.3. The third-order valence-corrected chi connectivity index (χ3v) is 8.06. The highest BCUT2D eigenvalue weighted by molar-refractivity contribution is 5.98. The topological polar surface area (TPSA) is 226 Å². The van der Waals surface area contributed by atoms with Crippen LogP contribution in [0.4, 0.5) is 10.5 Å². The number of hydrogen-bond acceptors (Lipinski definition) is 8. The second-order valence-electron chi connectivity index (χ2n) is 13.6. The van der Waals surface area contributed by atoms with Gasteiger partial charge in [0.1, 0.15) is 18.7 Å². The number of nitrogens with zero attached hydrogens (tertiary/aromatic N) is 1. The summed E-state index contributed by atoms with van der Waals surface area (Å²) in [6, 6.07) is 4.00. The highest BCUT2D eigenvalue weighted by Crippen LogP contribution is 2.19. The first-order valence-corrected chi connectivity index (χ1v) is 16.7. The molecule has 272 valence electrons. The van der Waals surface area contributed by atoms with Gasteiger partial charge in [0.25, 0.3) is 0 Å². The van der Waals surface area contributed by atoms with E-state index in [1.54, 1.807) is 63.8 Å². The van der Waals surface area contributed by atoms with Crippen molar-refractivity contribution < 1.29 is 43.4 Å². The fourth-order valence-electron chi connectivity index (χ4n) is 5.04. The number of carbonyl (C=O) groups excluding carboxylic acids is 6.